The first-order valence-electron chi connectivity index (χ1n) is 3.14. The second-order valence-electron chi connectivity index (χ2n) is 1.96. The van der Waals surface area contributed by atoms with Crippen LogP contribution < -0.4 is 0 Å². The Balaban J connectivity index is 3.13. The normalized spacial score (nSPS) is 9.08. The molecular formula is C7H4FNO4. The molecule has 1 heterocycles. The van der Waals surface area contributed by atoms with Gasteiger partial charge in [-0.2, -0.15) is 4.39 Å². The Morgan fingerprint density at radius 3 is 3.00 bits per heavy atom. The summed E-state index contributed by atoms with van der Waals surface area (Å²) in [4.78, 5) is 23.4. The number of hydrogen-bond acceptors (Lipinski definition) is 5. The van der Waals surface area contributed by atoms with Gasteiger partial charge in [-0.3, -0.25) is 0 Å². The minimum atomic E-state index is -1.03. The Hall–Kier alpha value is -1.94. The van der Waals surface area contributed by atoms with Crippen LogP contribution in [0.1, 0.15) is 10.4 Å². The summed E-state index contributed by atoms with van der Waals surface area (Å²) in [5, 5.41) is 0. The maximum atomic E-state index is 13.0. The zero-order chi connectivity index (χ0) is 9.84. The van der Waals surface area contributed by atoms with Gasteiger partial charge in [0.15, 0.2) is 0 Å². The van der Waals surface area contributed by atoms with Crippen molar-refractivity contribution in [2.24, 2.45) is 4.99 Å². The monoisotopic (exact) mass is 185 g/mol. The molecule has 0 amide bonds. The second-order valence-corrected chi connectivity index (χ2v) is 1.96. The van der Waals surface area contributed by atoms with Crippen LogP contribution in [0.3, 0.4) is 0 Å². The van der Waals surface area contributed by atoms with Crippen molar-refractivity contribution in [3.05, 3.63) is 17.6 Å². The molecule has 0 unspecified atom stereocenters. The first kappa shape index (κ1) is 9.15. The maximum Gasteiger partial charge on any atom is 0.344 e. The van der Waals surface area contributed by atoms with E-state index in [1.807, 2.05) is 0 Å². The minimum Gasteiger partial charge on any atom is -0.465 e. The lowest BCUT2D eigenvalue weighted by Crippen LogP contribution is -2.01. The topological polar surface area (TPSA) is 68.9 Å². The van der Waals surface area contributed by atoms with Crippen molar-refractivity contribution >= 4 is 17.9 Å². The fourth-order valence-corrected chi connectivity index (χ4v) is 0.698. The molecule has 1 aromatic rings. The van der Waals surface area contributed by atoms with Crippen LogP contribution in [-0.2, 0) is 9.53 Å². The summed E-state index contributed by atoms with van der Waals surface area (Å²) >= 11 is 0. The molecule has 0 radical (unpaired) electrons. The largest absolute Gasteiger partial charge is 0.465 e. The molecule has 6 heteroatoms. The molecular weight excluding hydrogens is 181 g/mol. The highest BCUT2D eigenvalue weighted by molar-refractivity contribution is 5.90. The van der Waals surface area contributed by atoms with Crippen molar-refractivity contribution in [3.8, 4) is 0 Å². The molecule has 0 atom stereocenters. The molecule has 1 aromatic heterocycles. The highest BCUT2D eigenvalue weighted by Crippen LogP contribution is 2.23. The second kappa shape index (κ2) is 3.64. The number of rotatable bonds is 2. The number of furan rings is 1. The third kappa shape index (κ3) is 1.62. The molecule has 0 fully saturated rings. The van der Waals surface area contributed by atoms with Crippen LogP contribution in [0.25, 0.3) is 0 Å². The third-order valence-corrected chi connectivity index (χ3v) is 1.27. The molecule has 0 saturated carbocycles. The third-order valence-electron chi connectivity index (χ3n) is 1.27. The number of carbonyl (C=O) groups excluding carboxylic acids is 2. The van der Waals surface area contributed by atoms with Gasteiger partial charge in [-0.25, -0.2) is 9.59 Å². The van der Waals surface area contributed by atoms with E-state index >= 15 is 0 Å². The predicted octanol–water partition coefficient (Wildman–Crippen LogP) is 1.17. The summed E-state index contributed by atoms with van der Waals surface area (Å²) in [6, 6.07) is 0. The van der Waals surface area contributed by atoms with E-state index in [1.165, 1.54) is 0 Å². The summed E-state index contributed by atoms with van der Waals surface area (Å²) in [5.41, 5.74) is -0.406. The number of aliphatic imine (C=N–C) groups is 1. The Morgan fingerprint density at radius 2 is 2.46 bits per heavy atom. The van der Waals surface area contributed by atoms with Crippen molar-refractivity contribution in [2.45, 2.75) is 0 Å². The molecule has 0 aromatic carbocycles. The molecule has 0 N–H and O–H groups in total. The van der Waals surface area contributed by atoms with Crippen LogP contribution in [0.15, 0.2) is 15.7 Å². The smallest absolute Gasteiger partial charge is 0.344 e. The summed E-state index contributed by atoms with van der Waals surface area (Å²) in [6.45, 7) is 0. The average molecular weight is 185 g/mol. The zero-order valence-electron chi connectivity index (χ0n) is 6.54. The number of methoxy groups -OCH3 is 1. The standard InChI is InChI=1S/C7H4FNO4/c1-12-7(11)4-2-13-6(5(4)8)9-3-10/h2H,1H3. The summed E-state index contributed by atoms with van der Waals surface area (Å²) in [7, 11) is 1.09. The zero-order valence-corrected chi connectivity index (χ0v) is 6.54. The predicted molar refractivity (Wildman–Crippen MR) is 37.8 cm³/mol. The van der Waals surface area contributed by atoms with Gasteiger partial charge in [0, 0.05) is 0 Å². The van der Waals surface area contributed by atoms with Gasteiger partial charge in [0.05, 0.1) is 7.11 Å². The lowest BCUT2D eigenvalue weighted by Gasteiger charge is -1.91. The molecule has 0 aliphatic heterocycles. The fraction of sp³-hybridized carbons (Fsp3) is 0.143. The van der Waals surface area contributed by atoms with Crippen molar-refractivity contribution < 1.29 is 23.1 Å². The van der Waals surface area contributed by atoms with Crippen LogP contribution in [0.4, 0.5) is 10.3 Å². The van der Waals surface area contributed by atoms with Crippen LogP contribution in [0.2, 0.25) is 0 Å². The average Bonchev–Trinajstić information content (AvgIpc) is 2.48. The van der Waals surface area contributed by atoms with Gasteiger partial charge < -0.3 is 9.15 Å². The van der Waals surface area contributed by atoms with E-state index in [2.05, 4.69) is 14.1 Å². The van der Waals surface area contributed by atoms with E-state index in [1.54, 1.807) is 0 Å². The minimum absolute atomic E-state index is 0.406. The maximum absolute atomic E-state index is 13.0. The van der Waals surface area contributed by atoms with Gasteiger partial charge >= 0.3 is 5.97 Å². The number of esters is 1. The SMILES string of the molecule is COC(=O)c1coc(N=C=O)c1F. The lowest BCUT2D eigenvalue weighted by molar-refractivity contribution is 0.0595. The van der Waals surface area contributed by atoms with E-state index in [-0.39, 0.29) is 0 Å². The Bertz CT molecular complexity index is 378. The number of ether oxygens (including phenoxy) is 1. The molecule has 1 rings (SSSR count). The summed E-state index contributed by atoms with van der Waals surface area (Å²) < 4.78 is 21.7. The number of hydrogen-bond donors (Lipinski definition) is 0. The van der Waals surface area contributed by atoms with Crippen molar-refractivity contribution in [3.63, 3.8) is 0 Å². The summed E-state index contributed by atoms with van der Waals surface area (Å²) in [5.74, 6) is -2.51. The van der Waals surface area contributed by atoms with Crippen LogP contribution >= 0.6 is 0 Å². The van der Waals surface area contributed by atoms with Crippen molar-refractivity contribution in [1.82, 2.24) is 0 Å². The summed E-state index contributed by atoms with van der Waals surface area (Å²) in [6.07, 6.45) is 1.90. The number of halogens is 1. The van der Waals surface area contributed by atoms with Gasteiger partial charge in [0.25, 0.3) is 5.88 Å². The van der Waals surface area contributed by atoms with Gasteiger partial charge in [-0.1, -0.05) is 0 Å². The molecule has 0 aliphatic rings. The molecule has 13 heavy (non-hydrogen) atoms. The Labute approximate surface area is 71.8 Å². The Morgan fingerprint density at radius 1 is 1.77 bits per heavy atom. The number of carbonyl (C=O) groups is 1. The molecule has 0 spiro atoms. The number of isocyanates is 1. The highest BCUT2D eigenvalue weighted by Gasteiger charge is 2.19. The van der Waals surface area contributed by atoms with E-state index in [0.717, 1.165) is 19.5 Å². The van der Waals surface area contributed by atoms with E-state index < -0.39 is 23.2 Å². The van der Waals surface area contributed by atoms with E-state index in [4.69, 9.17) is 0 Å². The molecule has 5 nitrogen and oxygen atoms in total. The molecule has 0 bridgehead atoms. The van der Waals surface area contributed by atoms with Gasteiger partial charge in [-0.15, -0.1) is 4.99 Å². The first-order chi connectivity index (χ1) is 6.20. The van der Waals surface area contributed by atoms with E-state index in [9.17, 15) is 14.0 Å². The lowest BCUT2D eigenvalue weighted by atomic mass is 10.3. The van der Waals surface area contributed by atoms with Crippen molar-refractivity contribution in [2.75, 3.05) is 7.11 Å². The van der Waals surface area contributed by atoms with Gasteiger partial charge in [0.1, 0.15) is 11.8 Å². The molecule has 68 valence electrons. The molecule has 0 aliphatic carbocycles. The molecule has 0 saturated heterocycles. The van der Waals surface area contributed by atoms with Gasteiger partial charge in [0.2, 0.25) is 11.9 Å². The van der Waals surface area contributed by atoms with Crippen molar-refractivity contribution in [1.29, 1.82) is 0 Å². The fourth-order valence-electron chi connectivity index (χ4n) is 0.698. The first-order valence-corrected chi connectivity index (χ1v) is 3.14. The quantitative estimate of drug-likeness (QED) is 0.394. The highest BCUT2D eigenvalue weighted by atomic mass is 19.1. The number of nitrogens with zero attached hydrogens (tertiary/aromatic N) is 1. The van der Waals surface area contributed by atoms with Crippen LogP contribution in [-0.4, -0.2) is 19.2 Å². The van der Waals surface area contributed by atoms with Crippen LogP contribution in [0.5, 0.6) is 0 Å². The van der Waals surface area contributed by atoms with Crippen LogP contribution in [0, 0.1) is 5.82 Å². The van der Waals surface area contributed by atoms with Gasteiger partial charge in [-0.05, 0) is 0 Å². The Kier molecular flexibility index (Phi) is 2.56. The van der Waals surface area contributed by atoms with E-state index in [0.29, 0.717) is 0 Å².